The van der Waals surface area contributed by atoms with Crippen LogP contribution >= 0.6 is 25.3 Å². The van der Waals surface area contributed by atoms with Crippen LogP contribution in [0.1, 0.15) is 5.56 Å². The molecule has 0 heterocycles. The molecule has 0 saturated heterocycles. The van der Waals surface area contributed by atoms with Crippen molar-refractivity contribution in [2.45, 2.75) is 9.79 Å². The van der Waals surface area contributed by atoms with E-state index < -0.39 is 0 Å². The lowest BCUT2D eigenvalue weighted by Crippen LogP contribution is -1.74. The van der Waals surface area contributed by atoms with Crippen molar-refractivity contribution in [2.24, 2.45) is 0 Å². The van der Waals surface area contributed by atoms with Gasteiger partial charge in [0.05, 0.1) is 11.6 Å². The lowest BCUT2D eigenvalue weighted by atomic mass is 10.2. The summed E-state index contributed by atoms with van der Waals surface area (Å²) in [7, 11) is 0. The molecule has 0 aromatic heterocycles. The molecule has 10 heavy (non-hydrogen) atoms. The molecule has 0 fully saturated rings. The molecule has 0 radical (unpaired) electrons. The van der Waals surface area contributed by atoms with Crippen molar-refractivity contribution >= 4 is 25.3 Å². The molecule has 0 saturated carbocycles. The molecule has 3 heteroatoms. The topological polar surface area (TPSA) is 23.8 Å². The minimum Gasteiger partial charge on any atom is -0.192 e. The first-order valence-corrected chi connectivity index (χ1v) is 3.55. The second-order valence-electron chi connectivity index (χ2n) is 1.85. The van der Waals surface area contributed by atoms with Gasteiger partial charge in [-0.25, -0.2) is 0 Å². The zero-order valence-electron chi connectivity index (χ0n) is 5.07. The largest absolute Gasteiger partial charge is 0.192 e. The molecule has 1 aromatic carbocycles. The molecule has 0 bridgehead atoms. The van der Waals surface area contributed by atoms with E-state index in [1.165, 1.54) is 0 Å². The molecular formula is C7H5NS2. The molecule has 1 aromatic rings. The highest BCUT2D eigenvalue weighted by molar-refractivity contribution is 7.81. The first kappa shape index (κ1) is 7.52. The van der Waals surface area contributed by atoms with Gasteiger partial charge in [-0.3, -0.25) is 0 Å². The standard InChI is InChI=1S/C7H5NS2/c8-4-5-1-6(9)3-7(10)2-5/h1-3,9-10H. The monoisotopic (exact) mass is 167 g/mol. The van der Waals surface area contributed by atoms with E-state index in [4.69, 9.17) is 5.26 Å². The van der Waals surface area contributed by atoms with Crippen LogP contribution in [0, 0.1) is 11.3 Å². The van der Waals surface area contributed by atoms with Gasteiger partial charge in [-0.1, -0.05) is 0 Å². The van der Waals surface area contributed by atoms with Crippen LogP contribution in [0.15, 0.2) is 28.0 Å². The molecule has 50 valence electrons. The van der Waals surface area contributed by atoms with Gasteiger partial charge in [-0.2, -0.15) is 5.26 Å². The third-order valence-corrected chi connectivity index (χ3v) is 1.55. The summed E-state index contributed by atoms with van der Waals surface area (Å²) in [6.07, 6.45) is 0. The van der Waals surface area contributed by atoms with Crippen LogP contribution in [0.3, 0.4) is 0 Å². The van der Waals surface area contributed by atoms with E-state index in [1.54, 1.807) is 18.2 Å². The SMILES string of the molecule is N#Cc1cc(S)cc(S)c1. The van der Waals surface area contributed by atoms with Crippen LogP contribution in [0.2, 0.25) is 0 Å². The Morgan fingerprint density at radius 2 is 1.60 bits per heavy atom. The average Bonchev–Trinajstić information content (AvgIpc) is 1.85. The van der Waals surface area contributed by atoms with Gasteiger partial charge in [-0.15, -0.1) is 25.3 Å². The highest BCUT2D eigenvalue weighted by Crippen LogP contribution is 2.15. The van der Waals surface area contributed by atoms with E-state index in [-0.39, 0.29) is 0 Å². The van der Waals surface area contributed by atoms with Crippen molar-refractivity contribution in [3.05, 3.63) is 23.8 Å². The van der Waals surface area contributed by atoms with Crippen molar-refractivity contribution in [2.75, 3.05) is 0 Å². The van der Waals surface area contributed by atoms with Gasteiger partial charge < -0.3 is 0 Å². The van der Waals surface area contributed by atoms with E-state index in [1.807, 2.05) is 6.07 Å². The number of hydrogen-bond acceptors (Lipinski definition) is 3. The molecule has 0 aliphatic carbocycles. The first-order chi connectivity index (χ1) is 4.72. The van der Waals surface area contributed by atoms with Gasteiger partial charge in [0, 0.05) is 9.79 Å². The summed E-state index contributed by atoms with van der Waals surface area (Å²) in [5.41, 5.74) is 0.595. The van der Waals surface area contributed by atoms with Crippen LogP contribution < -0.4 is 0 Å². The Hall–Kier alpha value is -0.590. The number of nitriles is 1. The summed E-state index contributed by atoms with van der Waals surface area (Å²) in [4.78, 5) is 1.54. The van der Waals surface area contributed by atoms with E-state index in [9.17, 15) is 0 Å². The Balaban J connectivity index is 3.22. The van der Waals surface area contributed by atoms with Crippen molar-refractivity contribution in [1.29, 1.82) is 5.26 Å². The average molecular weight is 167 g/mol. The third-order valence-electron chi connectivity index (χ3n) is 1.03. The summed E-state index contributed by atoms with van der Waals surface area (Å²) >= 11 is 8.16. The Kier molecular flexibility index (Phi) is 2.25. The number of nitrogens with zero attached hydrogens (tertiary/aromatic N) is 1. The lowest BCUT2D eigenvalue weighted by Gasteiger charge is -1.93. The van der Waals surface area contributed by atoms with Gasteiger partial charge in [0.25, 0.3) is 0 Å². The molecule has 0 unspecified atom stereocenters. The zero-order chi connectivity index (χ0) is 7.56. The minimum atomic E-state index is 0.595. The fourth-order valence-corrected chi connectivity index (χ4v) is 1.32. The fourth-order valence-electron chi connectivity index (χ4n) is 0.660. The summed E-state index contributed by atoms with van der Waals surface area (Å²) in [6.45, 7) is 0. The van der Waals surface area contributed by atoms with Crippen LogP contribution in [0.4, 0.5) is 0 Å². The van der Waals surface area contributed by atoms with Crippen molar-refractivity contribution in [3.63, 3.8) is 0 Å². The quantitative estimate of drug-likeness (QED) is 0.568. The minimum absolute atomic E-state index is 0.595. The smallest absolute Gasteiger partial charge is 0.0992 e. The van der Waals surface area contributed by atoms with E-state index in [2.05, 4.69) is 25.3 Å². The van der Waals surface area contributed by atoms with Crippen molar-refractivity contribution in [3.8, 4) is 6.07 Å². The number of hydrogen-bond donors (Lipinski definition) is 2. The predicted octanol–water partition coefficient (Wildman–Crippen LogP) is 2.14. The first-order valence-electron chi connectivity index (χ1n) is 2.65. The summed E-state index contributed by atoms with van der Waals surface area (Å²) in [5, 5.41) is 8.47. The zero-order valence-corrected chi connectivity index (χ0v) is 6.86. The Labute approximate surface area is 70.5 Å². The normalized spacial score (nSPS) is 8.90. The Bertz CT molecular complexity index is 268. The maximum absolute atomic E-state index is 8.47. The van der Waals surface area contributed by atoms with E-state index in [0.717, 1.165) is 9.79 Å². The van der Waals surface area contributed by atoms with Gasteiger partial charge in [0.1, 0.15) is 0 Å². The second-order valence-corrected chi connectivity index (χ2v) is 2.88. The number of rotatable bonds is 0. The molecule has 0 aliphatic heterocycles. The predicted molar refractivity (Wildman–Crippen MR) is 45.7 cm³/mol. The van der Waals surface area contributed by atoms with Gasteiger partial charge in [0.15, 0.2) is 0 Å². The summed E-state index contributed by atoms with van der Waals surface area (Å²) < 4.78 is 0. The van der Waals surface area contributed by atoms with Crippen LogP contribution in [0.5, 0.6) is 0 Å². The van der Waals surface area contributed by atoms with Gasteiger partial charge in [0.2, 0.25) is 0 Å². The van der Waals surface area contributed by atoms with Gasteiger partial charge >= 0.3 is 0 Å². The molecule has 0 amide bonds. The Morgan fingerprint density at radius 1 is 1.10 bits per heavy atom. The van der Waals surface area contributed by atoms with Crippen molar-refractivity contribution < 1.29 is 0 Å². The summed E-state index contributed by atoms with van der Waals surface area (Å²) in [5.74, 6) is 0. The molecule has 1 rings (SSSR count). The Morgan fingerprint density at radius 3 is 2.00 bits per heavy atom. The summed E-state index contributed by atoms with van der Waals surface area (Å²) in [6, 6.07) is 7.19. The number of thiol groups is 2. The van der Waals surface area contributed by atoms with Crippen LogP contribution in [0.25, 0.3) is 0 Å². The maximum Gasteiger partial charge on any atom is 0.0992 e. The highest BCUT2D eigenvalue weighted by Gasteiger charge is 1.92. The third kappa shape index (κ3) is 1.69. The van der Waals surface area contributed by atoms with Crippen molar-refractivity contribution in [1.82, 2.24) is 0 Å². The molecule has 0 spiro atoms. The molecule has 1 nitrogen and oxygen atoms in total. The molecule has 0 aliphatic rings. The maximum atomic E-state index is 8.47. The lowest BCUT2D eigenvalue weighted by molar-refractivity contribution is 1.31. The van der Waals surface area contributed by atoms with E-state index in [0.29, 0.717) is 5.56 Å². The van der Waals surface area contributed by atoms with Crippen LogP contribution in [-0.2, 0) is 0 Å². The number of benzene rings is 1. The van der Waals surface area contributed by atoms with E-state index >= 15 is 0 Å². The second kappa shape index (κ2) is 3.00. The molecule has 0 N–H and O–H groups in total. The highest BCUT2D eigenvalue weighted by atomic mass is 32.1. The fraction of sp³-hybridized carbons (Fsp3) is 0. The van der Waals surface area contributed by atoms with Gasteiger partial charge in [-0.05, 0) is 18.2 Å². The molecule has 0 atom stereocenters. The van der Waals surface area contributed by atoms with Crippen LogP contribution in [-0.4, -0.2) is 0 Å². The molecular weight excluding hydrogens is 162 g/mol.